The normalized spacial score (nSPS) is 17.0. The largest absolute Gasteiger partial charge is 0.486 e. The number of hydrogen-bond acceptors (Lipinski definition) is 4. The molecule has 17 heavy (non-hydrogen) atoms. The number of fused-ring (bicyclic) bond motifs is 1. The second kappa shape index (κ2) is 5.07. The van der Waals surface area contributed by atoms with E-state index in [9.17, 15) is 5.11 Å². The van der Waals surface area contributed by atoms with Gasteiger partial charge < -0.3 is 14.6 Å². The van der Waals surface area contributed by atoms with Crippen molar-refractivity contribution in [2.75, 3.05) is 13.2 Å². The molecule has 0 spiro atoms. The van der Waals surface area contributed by atoms with Crippen molar-refractivity contribution in [3.8, 4) is 17.6 Å². The van der Waals surface area contributed by atoms with Crippen molar-refractivity contribution < 1.29 is 14.6 Å². The van der Waals surface area contributed by atoms with E-state index in [0.29, 0.717) is 31.1 Å². The van der Waals surface area contributed by atoms with Gasteiger partial charge in [0.2, 0.25) is 0 Å². The van der Waals surface area contributed by atoms with E-state index in [1.807, 2.05) is 6.07 Å². The lowest BCUT2D eigenvalue weighted by Gasteiger charge is -2.20. The summed E-state index contributed by atoms with van der Waals surface area (Å²) in [4.78, 5) is 0. The molecule has 2 atom stereocenters. The van der Waals surface area contributed by atoms with Crippen LogP contribution in [0.25, 0.3) is 0 Å². The maximum Gasteiger partial charge on any atom is 0.161 e. The van der Waals surface area contributed by atoms with Gasteiger partial charge in [-0.3, -0.25) is 0 Å². The van der Waals surface area contributed by atoms with Crippen LogP contribution in [0.4, 0.5) is 0 Å². The van der Waals surface area contributed by atoms with Crippen molar-refractivity contribution in [3.63, 3.8) is 0 Å². The predicted octanol–water partition coefficient (Wildman–Crippen LogP) is 2.04. The molecule has 1 aromatic rings. The van der Waals surface area contributed by atoms with E-state index in [2.05, 4.69) is 6.07 Å². The molecule has 0 saturated carbocycles. The third-order valence-corrected chi connectivity index (χ3v) is 2.75. The predicted molar refractivity (Wildman–Crippen MR) is 61.8 cm³/mol. The molecule has 0 amide bonds. The van der Waals surface area contributed by atoms with Gasteiger partial charge in [-0.05, 0) is 31.0 Å². The molecule has 4 heteroatoms. The minimum absolute atomic E-state index is 0.168. The Morgan fingerprint density at radius 1 is 1.35 bits per heavy atom. The van der Waals surface area contributed by atoms with Gasteiger partial charge in [-0.2, -0.15) is 5.26 Å². The highest BCUT2D eigenvalue weighted by Crippen LogP contribution is 2.33. The van der Waals surface area contributed by atoms with E-state index in [1.165, 1.54) is 0 Å². The molecule has 1 aromatic carbocycles. The summed E-state index contributed by atoms with van der Waals surface area (Å²) in [5, 5.41) is 18.7. The van der Waals surface area contributed by atoms with Crippen LogP contribution in [0.15, 0.2) is 18.2 Å². The van der Waals surface area contributed by atoms with Gasteiger partial charge in [0.05, 0.1) is 12.2 Å². The fraction of sp³-hybridized carbons (Fsp3) is 0.462. The molecule has 2 unspecified atom stereocenters. The van der Waals surface area contributed by atoms with Gasteiger partial charge >= 0.3 is 0 Å². The monoisotopic (exact) mass is 233 g/mol. The Bertz CT molecular complexity index is 439. The highest BCUT2D eigenvalue weighted by atomic mass is 16.6. The van der Waals surface area contributed by atoms with Crippen molar-refractivity contribution >= 4 is 0 Å². The third-order valence-electron chi connectivity index (χ3n) is 2.75. The van der Waals surface area contributed by atoms with E-state index in [4.69, 9.17) is 14.7 Å². The lowest BCUT2D eigenvalue weighted by atomic mass is 9.99. The Morgan fingerprint density at radius 3 is 2.76 bits per heavy atom. The molecule has 90 valence electrons. The fourth-order valence-corrected chi connectivity index (χ4v) is 1.79. The topological polar surface area (TPSA) is 62.5 Å². The minimum atomic E-state index is -0.638. The van der Waals surface area contributed by atoms with Crippen molar-refractivity contribution in [2.24, 2.45) is 5.92 Å². The first-order valence-corrected chi connectivity index (χ1v) is 5.68. The summed E-state index contributed by atoms with van der Waals surface area (Å²) >= 11 is 0. The van der Waals surface area contributed by atoms with Gasteiger partial charge in [-0.15, -0.1) is 0 Å². The molecule has 0 aromatic heterocycles. The van der Waals surface area contributed by atoms with Crippen LogP contribution < -0.4 is 9.47 Å². The first-order valence-electron chi connectivity index (χ1n) is 5.68. The summed E-state index contributed by atoms with van der Waals surface area (Å²) in [6, 6.07) is 7.50. The van der Waals surface area contributed by atoms with Crippen LogP contribution >= 0.6 is 0 Å². The summed E-state index contributed by atoms with van der Waals surface area (Å²) in [6.45, 7) is 2.88. The first kappa shape index (κ1) is 11.7. The molecule has 4 nitrogen and oxygen atoms in total. The highest BCUT2D eigenvalue weighted by molar-refractivity contribution is 5.44. The van der Waals surface area contributed by atoms with Crippen molar-refractivity contribution in [1.29, 1.82) is 5.26 Å². The molecule has 0 aliphatic carbocycles. The van der Waals surface area contributed by atoms with Crippen LogP contribution in [0, 0.1) is 17.2 Å². The van der Waals surface area contributed by atoms with Gasteiger partial charge in [-0.25, -0.2) is 0 Å². The Labute approximate surface area is 100 Å². The molecule has 2 rings (SSSR count). The van der Waals surface area contributed by atoms with Gasteiger partial charge in [0.1, 0.15) is 13.2 Å². The molecule has 0 fully saturated rings. The van der Waals surface area contributed by atoms with E-state index in [1.54, 1.807) is 19.1 Å². The summed E-state index contributed by atoms with van der Waals surface area (Å²) in [7, 11) is 0. The number of nitrogens with zero attached hydrogens (tertiary/aromatic N) is 1. The summed E-state index contributed by atoms with van der Waals surface area (Å²) in [6.07, 6.45) is -0.212. The van der Waals surface area contributed by atoms with Crippen LogP contribution in [0.3, 0.4) is 0 Å². The van der Waals surface area contributed by atoms with Crippen LogP contribution in [-0.2, 0) is 0 Å². The van der Waals surface area contributed by atoms with E-state index < -0.39 is 6.10 Å². The molecule has 1 aliphatic heterocycles. The number of benzene rings is 1. The number of aliphatic hydroxyl groups is 1. The van der Waals surface area contributed by atoms with Crippen LogP contribution in [0.5, 0.6) is 11.5 Å². The molecule has 1 N–H and O–H groups in total. The number of nitriles is 1. The zero-order valence-corrected chi connectivity index (χ0v) is 9.72. The number of hydrogen-bond donors (Lipinski definition) is 1. The van der Waals surface area contributed by atoms with E-state index in [-0.39, 0.29) is 5.92 Å². The quantitative estimate of drug-likeness (QED) is 0.867. The average molecular weight is 233 g/mol. The van der Waals surface area contributed by atoms with Crippen LogP contribution in [-0.4, -0.2) is 18.3 Å². The Morgan fingerprint density at radius 2 is 2.06 bits per heavy atom. The zero-order valence-electron chi connectivity index (χ0n) is 9.72. The maximum absolute atomic E-state index is 9.98. The Kier molecular flexibility index (Phi) is 3.50. The first-order chi connectivity index (χ1) is 8.20. The third kappa shape index (κ3) is 2.69. The molecular formula is C13H15NO3. The van der Waals surface area contributed by atoms with Crippen molar-refractivity contribution in [3.05, 3.63) is 23.8 Å². The molecule has 0 bridgehead atoms. The second-order valence-corrected chi connectivity index (χ2v) is 4.18. The second-order valence-electron chi connectivity index (χ2n) is 4.18. The van der Waals surface area contributed by atoms with Gasteiger partial charge in [0.25, 0.3) is 0 Å². The average Bonchev–Trinajstić information content (AvgIpc) is 2.38. The lowest BCUT2D eigenvalue weighted by molar-refractivity contribution is 0.152. The minimum Gasteiger partial charge on any atom is -0.486 e. The molecular weight excluding hydrogens is 218 g/mol. The standard InChI is InChI=1S/C13H15NO3/c1-9(8-14)6-11(15)10-2-3-12-13(7-10)17-5-4-16-12/h2-3,7,9,11,15H,4-6H2,1H3. The smallest absolute Gasteiger partial charge is 0.161 e. The van der Waals surface area contributed by atoms with Crippen LogP contribution in [0.2, 0.25) is 0 Å². The van der Waals surface area contributed by atoms with Gasteiger partial charge in [0.15, 0.2) is 11.5 Å². The number of ether oxygens (including phenoxy) is 2. The molecule has 1 heterocycles. The number of rotatable bonds is 3. The van der Waals surface area contributed by atoms with Crippen molar-refractivity contribution in [2.45, 2.75) is 19.4 Å². The fourth-order valence-electron chi connectivity index (χ4n) is 1.79. The summed E-state index contributed by atoms with van der Waals surface area (Å²) < 4.78 is 10.8. The SMILES string of the molecule is CC(C#N)CC(O)c1ccc2c(c1)OCCO2. The van der Waals surface area contributed by atoms with Crippen molar-refractivity contribution in [1.82, 2.24) is 0 Å². The molecule has 0 saturated heterocycles. The van der Waals surface area contributed by atoms with Crippen LogP contribution in [0.1, 0.15) is 25.0 Å². The number of aliphatic hydroxyl groups excluding tert-OH is 1. The Hall–Kier alpha value is -1.73. The summed E-state index contributed by atoms with van der Waals surface area (Å²) in [5.41, 5.74) is 0.761. The van der Waals surface area contributed by atoms with Gasteiger partial charge in [-0.1, -0.05) is 6.07 Å². The Balaban J connectivity index is 2.14. The summed E-state index contributed by atoms with van der Waals surface area (Å²) in [5.74, 6) is 1.20. The van der Waals surface area contributed by atoms with E-state index in [0.717, 1.165) is 5.56 Å². The maximum atomic E-state index is 9.98. The highest BCUT2D eigenvalue weighted by Gasteiger charge is 2.17. The molecule has 0 radical (unpaired) electrons. The lowest BCUT2D eigenvalue weighted by Crippen LogP contribution is -2.15. The van der Waals surface area contributed by atoms with Gasteiger partial charge in [0, 0.05) is 5.92 Å². The zero-order chi connectivity index (χ0) is 12.3. The van der Waals surface area contributed by atoms with E-state index >= 15 is 0 Å². The molecule has 1 aliphatic rings.